The summed E-state index contributed by atoms with van der Waals surface area (Å²) < 4.78 is 61.3. The van der Waals surface area contributed by atoms with Crippen molar-refractivity contribution in [1.82, 2.24) is 0 Å². The van der Waals surface area contributed by atoms with E-state index in [9.17, 15) is 26.4 Å². The molecule has 0 spiro atoms. The first kappa shape index (κ1) is 16.2. The Morgan fingerprint density at radius 2 is 1.82 bits per heavy atom. The van der Waals surface area contributed by atoms with Crippen LogP contribution in [0.2, 0.25) is 0 Å². The van der Waals surface area contributed by atoms with E-state index in [0.29, 0.717) is 6.42 Å². The Labute approximate surface area is 98.3 Å². The maximum Gasteiger partial charge on any atom is 0.390 e. The molecule has 0 aromatic heterocycles. The Kier molecular flexibility index (Phi) is 6.51. The lowest BCUT2D eigenvalue weighted by Crippen LogP contribution is -2.20. The van der Waals surface area contributed by atoms with Crippen molar-refractivity contribution >= 4 is 16.1 Å². The predicted molar refractivity (Wildman–Crippen MR) is 54.7 cm³/mol. The highest BCUT2D eigenvalue weighted by atomic mass is 32.2. The van der Waals surface area contributed by atoms with Gasteiger partial charge >= 0.3 is 22.3 Å². The van der Waals surface area contributed by atoms with E-state index in [-0.39, 0.29) is 6.42 Å². The second kappa shape index (κ2) is 6.83. The van der Waals surface area contributed by atoms with Gasteiger partial charge in [0, 0.05) is 6.42 Å². The molecular weight excluding hydrogens is 261 g/mol. The predicted octanol–water partition coefficient (Wildman–Crippen LogP) is 2.39. The summed E-state index contributed by atoms with van der Waals surface area (Å²) in [6.45, 7) is 1.89. The van der Waals surface area contributed by atoms with E-state index in [1.165, 1.54) is 0 Å². The van der Waals surface area contributed by atoms with Gasteiger partial charge in [0.1, 0.15) is 0 Å². The second-order valence-corrected chi connectivity index (χ2v) is 5.23. The average molecular weight is 276 g/mol. The molecule has 0 aromatic rings. The normalized spacial score (nSPS) is 12.5. The fourth-order valence-electron chi connectivity index (χ4n) is 0.985. The van der Waals surface area contributed by atoms with E-state index in [1.54, 1.807) is 0 Å². The molecule has 0 amide bonds. The van der Waals surface area contributed by atoms with E-state index in [1.807, 2.05) is 6.92 Å². The number of carbonyl (C=O) groups is 1. The third-order valence-corrected chi connectivity index (χ3v) is 2.98. The third kappa shape index (κ3) is 10.1. The van der Waals surface area contributed by atoms with Crippen molar-refractivity contribution in [2.75, 3.05) is 5.75 Å². The van der Waals surface area contributed by atoms with Crippen molar-refractivity contribution < 1.29 is 30.6 Å². The smallest absolute Gasteiger partial charge is 0.346 e. The topological polar surface area (TPSA) is 60.4 Å². The van der Waals surface area contributed by atoms with Crippen molar-refractivity contribution in [3.8, 4) is 0 Å². The van der Waals surface area contributed by atoms with Gasteiger partial charge in [-0.3, -0.25) is 4.79 Å². The van der Waals surface area contributed by atoms with Gasteiger partial charge in [0.05, 0.1) is 12.2 Å². The van der Waals surface area contributed by atoms with Crippen LogP contribution in [0.25, 0.3) is 0 Å². The molecule has 0 fully saturated rings. The number of unbranched alkanes of at least 4 members (excludes halogenated alkanes) is 2. The second-order valence-electron chi connectivity index (χ2n) is 3.54. The first-order valence-electron chi connectivity index (χ1n) is 5.18. The summed E-state index contributed by atoms with van der Waals surface area (Å²) in [4.78, 5) is 11.0. The quantitative estimate of drug-likeness (QED) is 0.529. The third-order valence-electron chi connectivity index (χ3n) is 1.84. The number of alkyl halides is 3. The van der Waals surface area contributed by atoms with Crippen LogP contribution in [0.1, 0.15) is 39.0 Å². The SMILES string of the molecule is CCCCCC(=O)OS(=O)(=O)CCC(F)(F)F. The Morgan fingerprint density at radius 1 is 1.24 bits per heavy atom. The summed E-state index contributed by atoms with van der Waals surface area (Å²) in [5.74, 6) is -2.23. The van der Waals surface area contributed by atoms with Gasteiger partial charge in [-0.25, -0.2) is 0 Å². The molecule has 17 heavy (non-hydrogen) atoms. The zero-order valence-electron chi connectivity index (χ0n) is 9.42. The molecule has 0 aliphatic carbocycles. The molecule has 0 unspecified atom stereocenters. The molecule has 102 valence electrons. The lowest BCUT2D eigenvalue weighted by Gasteiger charge is -2.07. The molecule has 0 bridgehead atoms. The number of carbonyl (C=O) groups excluding carboxylic acids is 1. The van der Waals surface area contributed by atoms with E-state index < -0.39 is 34.4 Å². The Morgan fingerprint density at radius 3 is 2.29 bits per heavy atom. The lowest BCUT2D eigenvalue weighted by molar-refractivity contribution is -0.135. The van der Waals surface area contributed by atoms with E-state index in [2.05, 4.69) is 4.18 Å². The monoisotopic (exact) mass is 276 g/mol. The fraction of sp³-hybridized carbons (Fsp3) is 0.889. The molecule has 0 radical (unpaired) electrons. The Balaban J connectivity index is 4.04. The van der Waals surface area contributed by atoms with Crippen LogP contribution in [-0.4, -0.2) is 26.3 Å². The standard InChI is InChI=1S/C9H15F3O4S/c1-2-3-4-5-8(13)16-17(14,15)7-6-9(10,11)12/h2-7H2,1H3. The summed E-state index contributed by atoms with van der Waals surface area (Å²) >= 11 is 0. The Hall–Kier alpha value is -0.790. The Bertz CT molecular complexity index is 335. The van der Waals surface area contributed by atoms with Gasteiger partial charge in [0.2, 0.25) is 0 Å². The van der Waals surface area contributed by atoms with Crippen LogP contribution < -0.4 is 0 Å². The summed E-state index contributed by atoms with van der Waals surface area (Å²) in [5.41, 5.74) is 0. The van der Waals surface area contributed by atoms with Gasteiger partial charge in [-0.05, 0) is 6.42 Å². The van der Waals surface area contributed by atoms with Crippen molar-refractivity contribution in [2.45, 2.75) is 45.2 Å². The van der Waals surface area contributed by atoms with Gasteiger partial charge in [0.15, 0.2) is 0 Å². The van der Waals surface area contributed by atoms with Crippen LogP contribution in [0.4, 0.5) is 13.2 Å². The van der Waals surface area contributed by atoms with Crippen molar-refractivity contribution in [1.29, 1.82) is 0 Å². The van der Waals surface area contributed by atoms with Crippen LogP contribution >= 0.6 is 0 Å². The summed E-state index contributed by atoms with van der Waals surface area (Å²) in [6, 6.07) is 0. The average Bonchev–Trinajstić information content (AvgIpc) is 2.14. The first-order valence-corrected chi connectivity index (χ1v) is 6.76. The zero-order valence-corrected chi connectivity index (χ0v) is 10.2. The zero-order chi connectivity index (χ0) is 13.5. The van der Waals surface area contributed by atoms with Crippen molar-refractivity contribution in [3.05, 3.63) is 0 Å². The minimum absolute atomic E-state index is 0.0981. The summed E-state index contributed by atoms with van der Waals surface area (Å²) in [5, 5.41) is 0. The number of hydrogen-bond acceptors (Lipinski definition) is 4. The van der Waals surface area contributed by atoms with Crippen LogP contribution in [0.15, 0.2) is 0 Å². The first-order chi connectivity index (χ1) is 7.66. The maximum absolute atomic E-state index is 11.8. The molecular formula is C9H15F3O4S. The molecule has 0 atom stereocenters. The van der Waals surface area contributed by atoms with E-state index in [4.69, 9.17) is 0 Å². The van der Waals surface area contributed by atoms with Gasteiger partial charge in [-0.2, -0.15) is 21.6 Å². The van der Waals surface area contributed by atoms with Gasteiger partial charge in [-0.1, -0.05) is 19.8 Å². The van der Waals surface area contributed by atoms with Crippen LogP contribution in [0, 0.1) is 0 Å². The van der Waals surface area contributed by atoms with Gasteiger partial charge in [0.25, 0.3) is 0 Å². The van der Waals surface area contributed by atoms with Crippen LogP contribution in [0.3, 0.4) is 0 Å². The maximum atomic E-state index is 11.8. The molecule has 0 heterocycles. The largest absolute Gasteiger partial charge is 0.390 e. The van der Waals surface area contributed by atoms with Crippen LogP contribution in [-0.2, 0) is 19.1 Å². The molecule has 0 aromatic carbocycles. The summed E-state index contributed by atoms with van der Waals surface area (Å²) in [7, 11) is -4.42. The van der Waals surface area contributed by atoms with E-state index in [0.717, 1.165) is 12.8 Å². The molecule has 0 N–H and O–H groups in total. The minimum Gasteiger partial charge on any atom is -0.346 e. The molecule has 8 heteroatoms. The molecule has 0 aliphatic rings. The van der Waals surface area contributed by atoms with Crippen molar-refractivity contribution in [2.24, 2.45) is 0 Å². The van der Waals surface area contributed by atoms with Gasteiger partial charge in [-0.15, -0.1) is 0 Å². The van der Waals surface area contributed by atoms with Gasteiger partial charge < -0.3 is 4.18 Å². The summed E-state index contributed by atoms with van der Waals surface area (Å²) in [6.07, 6.45) is -4.16. The lowest BCUT2D eigenvalue weighted by atomic mass is 10.2. The molecule has 0 aliphatic heterocycles. The molecule has 0 rings (SSSR count). The molecule has 4 nitrogen and oxygen atoms in total. The van der Waals surface area contributed by atoms with Crippen LogP contribution in [0.5, 0.6) is 0 Å². The highest BCUT2D eigenvalue weighted by Crippen LogP contribution is 2.20. The minimum atomic E-state index is -4.58. The number of hydrogen-bond donors (Lipinski definition) is 0. The van der Waals surface area contributed by atoms with Crippen molar-refractivity contribution in [3.63, 3.8) is 0 Å². The van der Waals surface area contributed by atoms with E-state index >= 15 is 0 Å². The fourth-order valence-corrected chi connectivity index (χ4v) is 1.92. The number of halogens is 3. The highest BCUT2D eigenvalue weighted by Gasteiger charge is 2.31. The molecule has 0 saturated heterocycles. The number of rotatable bonds is 7. The highest BCUT2D eigenvalue weighted by molar-refractivity contribution is 7.87. The molecule has 0 saturated carbocycles.